The van der Waals surface area contributed by atoms with Crippen LogP contribution in [0.5, 0.6) is 0 Å². The molecule has 0 saturated carbocycles. The van der Waals surface area contributed by atoms with Gasteiger partial charge in [-0.25, -0.2) is 19.6 Å². The molecule has 1 aliphatic rings. The predicted molar refractivity (Wildman–Crippen MR) is 128 cm³/mol. The second-order valence-electron chi connectivity index (χ2n) is 7.23. The Morgan fingerprint density at radius 3 is 2.90 bits per heavy atom. The molecule has 0 spiro atoms. The van der Waals surface area contributed by atoms with Crippen molar-refractivity contribution >= 4 is 29.9 Å². The van der Waals surface area contributed by atoms with E-state index in [1.54, 1.807) is 0 Å². The molecule has 160 valence electrons. The molecule has 0 aliphatic carbocycles. The summed E-state index contributed by atoms with van der Waals surface area (Å²) < 4.78 is 4.15. The highest BCUT2D eigenvalue weighted by Crippen LogP contribution is 2.22. The van der Waals surface area contributed by atoms with Gasteiger partial charge in [0.25, 0.3) is 0 Å². The van der Waals surface area contributed by atoms with Gasteiger partial charge in [-0.15, -0.1) is 24.0 Å². The van der Waals surface area contributed by atoms with Crippen molar-refractivity contribution in [2.24, 2.45) is 4.99 Å². The maximum atomic E-state index is 4.79. The predicted octanol–water partition coefficient (Wildman–Crippen LogP) is 3.04. The molecule has 1 aromatic carbocycles. The number of aromatic nitrogens is 5. The van der Waals surface area contributed by atoms with Gasteiger partial charge in [0.15, 0.2) is 5.96 Å². The van der Waals surface area contributed by atoms with Gasteiger partial charge in [0.2, 0.25) is 0 Å². The number of aryl methyl sites for hydroxylation is 2. The van der Waals surface area contributed by atoms with Gasteiger partial charge in [0.05, 0.1) is 6.04 Å². The molecule has 2 aromatic heterocycles. The van der Waals surface area contributed by atoms with E-state index in [0.717, 1.165) is 55.9 Å². The summed E-state index contributed by atoms with van der Waals surface area (Å²) in [6, 6.07) is 10.5. The van der Waals surface area contributed by atoms with Crippen LogP contribution in [0.25, 0.3) is 0 Å². The molecule has 8 nitrogen and oxygen atoms in total. The lowest BCUT2D eigenvalue weighted by Gasteiger charge is -2.25. The fourth-order valence-electron chi connectivity index (χ4n) is 3.66. The third kappa shape index (κ3) is 5.38. The van der Waals surface area contributed by atoms with E-state index in [4.69, 9.17) is 4.99 Å². The Bertz CT molecular complexity index is 963. The van der Waals surface area contributed by atoms with Crippen LogP contribution in [-0.4, -0.2) is 36.8 Å². The lowest BCUT2D eigenvalue weighted by molar-refractivity contribution is 0.397. The van der Waals surface area contributed by atoms with Crippen molar-refractivity contribution in [1.29, 1.82) is 0 Å². The van der Waals surface area contributed by atoms with Crippen molar-refractivity contribution in [3.63, 3.8) is 0 Å². The third-order valence-corrected chi connectivity index (χ3v) is 5.01. The molecule has 0 radical (unpaired) electrons. The van der Waals surface area contributed by atoms with E-state index >= 15 is 0 Å². The summed E-state index contributed by atoms with van der Waals surface area (Å²) in [5.41, 5.74) is 1.25. The van der Waals surface area contributed by atoms with Crippen molar-refractivity contribution < 1.29 is 0 Å². The van der Waals surface area contributed by atoms with E-state index in [9.17, 15) is 0 Å². The number of nitrogens with one attached hydrogen (secondary N) is 2. The molecule has 9 heteroatoms. The molecule has 30 heavy (non-hydrogen) atoms. The number of fused-ring (bicyclic) bond motifs is 1. The Morgan fingerprint density at radius 2 is 2.10 bits per heavy atom. The second kappa shape index (κ2) is 10.6. The maximum Gasteiger partial charge on any atom is 0.192 e. The molecule has 2 N–H and O–H groups in total. The Balaban J connectivity index is 0.00000256. The van der Waals surface area contributed by atoms with E-state index < -0.39 is 0 Å². The average molecular weight is 520 g/mol. The summed E-state index contributed by atoms with van der Waals surface area (Å²) in [6.45, 7) is 7.03. The highest BCUT2D eigenvalue weighted by molar-refractivity contribution is 14.0. The fraction of sp³-hybridized carbons (Fsp3) is 0.429. The number of aliphatic imine (C=N–C) groups is 1. The molecule has 4 rings (SSSR count). The molecule has 3 aromatic rings. The van der Waals surface area contributed by atoms with Crippen LogP contribution < -0.4 is 10.6 Å². The first kappa shape index (κ1) is 22.3. The van der Waals surface area contributed by atoms with Gasteiger partial charge in [-0.3, -0.25) is 0 Å². The van der Waals surface area contributed by atoms with Crippen molar-refractivity contribution in [3.05, 3.63) is 65.8 Å². The minimum absolute atomic E-state index is 0. The van der Waals surface area contributed by atoms with Crippen molar-refractivity contribution in [2.75, 3.05) is 6.54 Å². The van der Waals surface area contributed by atoms with Crippen molar-refractivity contribution in [1.82, 2.24) is 34.9 Å². The molecule has 1 unspecified atom stereocenters. The Hall–Kier alpha value is -2.43. The van der Waals surface area contributed by atoms with Gasteiger partial charge in [-0.05, 0) is 32.3 Å². The first-order chi connectivity index (χ1) is 14.2. The van der Waals surface area contributed by atoms with E-state index in [2.05, 4.69) is 61.5 Å². The summed E-state index contributed by atoms with van der Waals surface area (Å²) in [4.78, 5) is 13.9. The maximum absolute atomic E-state index is 4.79. The number of hydrogen-bond acceptors (Lipinski definition) is 4. The zero-order valence-corrected chi connectivity index (χ0v) is 19.8. The van der Waals surface area contributed by atoms with Crippen LogP contribution in [0.4, 0.5) is 0 Å². The van der Waals surface area contributed by atoms with Crippen LogP contribution >= 0.6 is 24.0 Å². The Morgan fingerprint density at radius 1 is 1.27 bits per heavy atom. The minimum atomic E-state index is 0. The number of halogens is 1. The summed E-state index contributed by atoms with van der Waals surface area (Å²) in [5.74, 6) is 3.53. The fourth-order valence-corrected chi connectivity index (χ4v) is 3.66. The summed E-state index contributed by atoms with van der Waals surface area (Å²) in [7, 11) is 0. The quantitative estimate of drug-likeness (QED) is 0.297. The molecular formula is C21H29IN8. The summed E-state index contributed by atoms with van der Waals surface area (Å²) >= 11 is 0. The molecular weight excluding hydrogens is 491 g/mol. The topological polar surface area (TPSA) is 85.0 Å². The summed E-state index contributed by atoms with van der Waals surface area (Å²) in [6.07, 6.45) is 5.94. The van der Waals surface area contributed by atoms with Gasteiger partial charge in [-0.1, -0.05) is 30.3 Å². The van der Waals surface area contributed by atoms with Gasteiger partial charge in [0, 0.05) is 32.0 Å². The van der Waals surface area contributed by atoms with Crippen LogP contribution in [0.15, 0.2) is 47.7 Å². The van der Waals surface area contributed by atoms with Gasteiger partial charge < -0.3 is 15.2 Å². The monoisotopic (exact) mass is 520 g/mol. The lowest BCUT2D eigenvalue weighted by atomic mass is 10.1. The Kier molecular flexibility index (Phi) is 7.83. The molecule has 1 atom stereocenters. The second-order valence-corrected chi connectivity index (χ2v) is 7.23. The lowest BCUT2D eigenvalue weighted by Crippen LogP contribution is -2.41. The third-order valence-electron chi connectivity index (χ3n) is 5.01. The molecule has 0 saturated heterocycles. The van der Waals surface area contributed by atoms with E-state index in [-0.39, 0.29) is 30.0 Å². The number of hydrogen-bond donors (Lipinski definition) is 2. The highest BCUT2D eigenvalue weighted by atomic mass is 127. The van der Waals surface area contributed by atoms with E-state index in [1.807, 2.05) is 30.1 Å². The number of imidazole rings is 1. The van der Waals surface area contributed by atoms with Crippen molar-refractivity contribution in [2.45, 2.75) is 52.4 Å². The number of nitrogens with zero attached hydrogens (tertiary/aromatic N) is 6. The SMILES string of the molecule is CCNC(=NCc1nccn1Cc1ccccc1)NC1CCCn2nc(C)nc21.I. The Labute approximate surface area is 194 Å². The largest absolute Gasteiger partial charge is 0.357 e. The molecule has 0 fully saturated rings. The number of guanidine groups is 1. The van der Waals surface area contributed by atoms with Gasteiger partial charge in [-0.2, -0.15) is 5.10 Å². The first-order valence-electron chi connectivity index (χ1n) is 10.2. The standard InChI is InChI=1S/C21H28N8.HI/c1-3-22-21(26-18-10-7-12-29-20(18)25-16(2)27-29)24-14-19-23-11-13-28(19)15-17-8-5-4-6-9-17;/h4-6,8-9,11,13,18H,3,7,10,12,14-15H2,1-2H3,(H2,22,24,26);1H. The van der Waals surface area contributed by atoms with E-state index in [0.29, 0.717) is 6.54 Å². The molecule has 0 bridgehead atoms. The van der Waals surface area contributed by atoms with Gasteiger partial charge >= 0.3 is 0 Å². The smallest absolute Gasteiger partial charge is 0.192 e. The number of benzene rings is 1. The highest BCUT2D eigenvalue weighted by Gasteiger charge is 2.24. The number of rotatable bonds is 6. The van der Waals surface area contributed by atoms with Crippen LogP contribution in [-0.2, 0) is 19.6 Å². The average Bonchev–Trinajstić information content (AvgIpc) is 3.33. The molecule has 0 amide bonds. The van der Waals surface area contributed by atoms with Crippen LogP contribution in [0.2, 0.25) is 0 Å². The normalized spacial score (nSPS) is 15.9. The van der Waals surface area contributed by atoms with Crippen molar-refractivity contribution in [3.8, 4) is 0 Å². The summed E-state index contributed by atoms with van der Waals surface area (Å²) in [5, 5.41) is 11.4. The van der Waals surface area contributed by atoms with Crippen LogP contribution in [0, 0.1) is 6.92 Å². The molecule has 3 heterocycles. The van der Waals surface area contributed by atoms with Crippen LogP contribution in [0.1, 0.15) is 48.8 Å². The zero-order valence-electron chi connectivity index (χ0n) is 17.5. The first-order valence-corrected chi connectivity index (χ1v) is 10.2. The van der Waals surface area contributed by atoms with Gasteiger partial charge in [0.1, 0.15) is 24.0 Å². The van der Waals surface area contributed by atoms with E-state index in [1.165, 1.54) is 5.56 Å². The molecule has 1 aliphatic heterocycles. The van der Waals surface area contributed by atoms with Crippen LogP contribution in [0.3, 0.4) is 0 Å². The minimum Gasteiger partial charge on any atom is -0.357 e. The zero-order chi connectivity index (χ0) is 20.1.